The van der Waals surface area contributed by atoms with Crippen molar-refractivity contribution in [2.24, 2.45) is 7.05 Å². The van der Waals surface area contributed by atoms with E-state index in [-0.39, 0.29) is 0 Å². The van der Waals surface area contributed by atoms with Crippen molar-refractivity contribution in [3.8, 4) is 0 Å². The summed E-state index contributed by atoms with van der Waals surface area (Å²) in [6.45, 7) is 0. The second kappa shape index (κ2) is 3.05. The summed E-state index contributed by atoms with van der Waals surface area (Å²) in [6, 6.07) is 0. The number of alkyl halides is 1. The molecule has 2 unspecified atom stereocenters. The zero-order chi connectivity index (χ0) is 8.55. The Balaban J connectivity index is 2.16. The van der Waals surface area contributed by atoms with Crippen molar-refractivity contribution in [2.75, 3.05) is 0 Å². The van der Waals surface area contributed by atoms with Crippen LogP contribution in [0.15, 0.2) is 6.20 Å². The molecular formula is C8H12ClN3. The highest BCUT2D eigenvalue weighted by molar-refractivity contribution is 6.20. The topological polar surface area (TPSA) is 30.7 Å². The molecule has 0 N–H and O–H groups in total. The van der Waals surface area contributed by atoms with E-state index in [1.807, 2.05) is 17.9 Å². The first-order valence-electron chi connectivity index (χ1n) is 4.26. The van der Waals surface area contributed by atoms with Gasteiger partial charge in [-0.2, -0.15) is 0 Å². The average molecular weight is 186 g/mol. The highest BCUT2D eigenvalue weighted by Crippen LogP contribution is 2.36. The summed E-state index contributed by atoms with van der Waals surface area (Å²) in [5.41, 5.74) is 1.22. The standard InChI is InChI=1S/C8H12ClN3/c1-12-8(5-10-11-12)6-2-3-7(9)4-6/h5-7H,2-4H2,1H3. The van der Waals surface area contributed by atoms with Crippen LogP contribution in [-0.4, -0.2) is 20.4 Å². The molecule has 4 heteroatoms. The van der Waals surface area contributed by atoms with E-state index >= 15 is 0 Å². The van der Waals surface area contributed by atoms with Crippen molar-refractivity contribution < 1.29 is 0 Å². The van der Waals surface area contributed by atoms with E-state index < -0.39 is 0 Å². The van der Waals surface area contributed by atoms with Gasteiger partial charge in [0.15, 0.2) is 0 Å². The van der Waals surface area contributed by atoms with Crippen molar-refractivity contribution in [3.63, 3.8) is 0 Å². The van der Waals surface area contributed by atoms with Crippen LogP contribution in [0.2, 0.25) is 0 Å². The van der Waals surface area contributed by atoms with Gasteiger partial charge in [0.25, 0.3) is 0 Å². The van der Waals surface area contributed by atoms with Gasteiger partial charge in [-0.15, -0.1) is 16.7 Å². The molecule has 0 aliphatic heterocycles. The number of aryl methyl sites for hydroxylation is 1. The SMILES string of the molecule is Cn1nncc1C1CCC(Cl)C1. The summed E-state index contributed by atoms with van der Waals surface area (Å²) in [7, 11) is 1.93. The molecule has 2 atom stereocenters. The maximum Gasteiger partial charge on any atom is 0.0727 e. The van der Waals surface area contributed by atoms with Gasteiger partial charge < -0.3 is 0 Å². The lowest BCUT2D eigenvalue weighted by atomic mass is 10.1. The van der Waals surface area contributed by atoms with E-state index in [0.29, 0.717) is 11.3 Å². The summed E-state index contributed by atoms with van der Waals surface area (Å²) in [5.74, 6) is 0.576. The zero-order valence-electron chi connectivity index (χ0n) is 7.07. The third kappa shape index (κ3) is 1.33. The van der Waals surface area contributed by atoms with Crippen LogP contribution in [0.25, 0.3) is 0 Å². The minimum atomic E-state index is 0.352. The van der Waals surface area contributed by atoms with E-state index in [0.717, 1.165) is 12.8 Å². The molecule has 0 spiro atoms. The van der Waals surface area contributed by atoms with Crippen LogP contribution in [0.4, 0.5) is 0 Å². The largest absolute Gasteiger partial charge is 0.252 e. The van der Waals surface area contributed by atoms with E-state index in [2.05, 4.69) is 10.3 Å². The number of hydrogen-bond donors (Lipinski definition) is 0. The number of rotatable bonds is 1. The van der Waals surface area contributed by atoms with Gasteiger partial charge in [0, 0.05) is 18.3 Å². The van der Waals surface area contributed by atoms with Crippen LogP contribution in [0, 0.1) is 0 Å². The molecule has 0 amide bonds. The summed E-state index contributed by atoms with van der Waals surface area (Å²) < 4.78 is 1.85. The predicted octanol–water partition coefficient (Wildman–Crippen LogP) is 1.69. The Morgan fingerprint density at radius 2 is 2.42 bits per heavy atom. The van der Waals surface area contributed by atoms with Crippen molar-refractivity contribution in [1.82, 2.24) is 15.0 Å². The van der Waals surface area contributed by atoms with Gasteiger partial charge >= 0.3 is 0 Å². The zero-order valence-corrected chi connectivity index (χ0v) is 7.83. The molecule has 1 aliphatic carbocycles. The quantitative estimate of drug-likeness (QED) is 0.624. The fourth-order valence-electron chi connectivity index (χ4n) is 1.86. The van der Waals surface area contributed by atoms with Crippen molar-refractivity contribution in [1.29, 1.82) is 0 Å². The highest BCUT2D eigenvalue weighted by atomic mass is 35.5. The molecule has 1 aromatic rings. The minimum absolute atomic E-state index is 0.352. The van der Waals surface area contributed by atoms with Crippen LogP contribution in [-0.2, 0) is 7.05 Å². The summed E-state index contributed by atoms with van der Waals surface area (Å²) in [5, 5.41) is 8.12. The molecular weight excluding hydrogens is 174 g/mol. The van der Waals surface area contributed by atoms with E-state index in [4.69, 9.17) is 11.6 Å². The van der Waals surface area contributed by atoms with Gasteiger partial charge in [0.2, 0.25) is 0 Å². The summed E-state index contributed by atoms with van der Waals surface area (Å²) in [4.78, 5) is 0. The normalized spacial score (nSPS) is 29.5. The number of hydrogen-bond acceptors (Lipinski definition) is 2. The predicted molar refractivity (Wildman–Crippen MR) is 47.2 cm³/mol. The molecule has 66 valence electrons. The van der Waals surface area contributed by atoms with Gasteiger partial charge in [-0.3, -0.25) is 4.68 Å². The second-order valence-electron chi connectivity index (χ2n) is 3.39. The molecule has 1 aromatic heterocycles. The maximum atomic E-state index is 6.03. The van der Waals surface area contributed by atoms with Gasteiger partial charge in [-0.25, -0.2) is 0 Å². The Morgan fingerprint density at radius 1 is 1.58 bits per heavy atom. The van der Waals surface area contributed by atoms with Crippen molar-refractivity contribution >= 4 is 11.6 Å². The number of aromatic nitrogens is 3. The average Bonchev–Trinajstić information content (AvgIpc) is 2.58. The molecule has 0 aromatic carbocycles. The molecule has 12 heavy (non-hydrogen) atoms. The van der Waals surface area contributed by atoms with E-state index in [1.54, 1.807) is 0 Å². The van der Waals surface area contributed by atoms with Gasteiger partial charge in [0.05, 0.1) is 11.9 Å². The lowest BCUT2D eigenvalue weighted by Crippen LogP contribution is -2.03. The lowest BCUT2D eigenvalue weighted by Gasteiger charge is -2.07. The Kier molecular flexibility index (Phi) is 2.05. The van der Waals surface area contributed by atoms with Crippen molar-refractivity contribution in [3.05, 3.63) is 11.9 Å². The summed E-state index contributed by atoms with van der Waals surface area (Å²) in [6.07, 6.45) is 5.22. The first kappa shape index (κ1) is 8.05. The Hall–Kier alpha value is -0.570. The van der Waals surface area contributed by atoms with Crippen LogP contribution in [0.5, 0.6) is 0 Å². The van der Waals surface area contributed by atoms with Crippen LogP contribution < -0.4 is 0 Å². The Bertz CT molecular complexity index is 271. The molecule has 0 radical (unpaired) electrons. The minimum Gasteiger partial charge on any atom is -0.252 e. The van der Waals surface area contributed by atoms with Crippen LogP contribution in [0.1, 0.15) is 30.9 Å². The smallest absolute Gasteiger partial charge is 0.0727 e. The molecule has 1 fully saturated rings. The summed E-state index contributed by atoms with van der Waals surface area (Å²) >= 11 is 6.03. The van der Waals surface area contributed by atoms with Gasteiger partial charge in [0.1, 0.15) is 0 Å². The van der Waals surface area contributed by atoms with Crippen molar-refractivity contribution in [2.45, 2.75) is 30.6 Å². The number of nitrogens with zero attached hydrogens (tertiary/aromatic N) is 3. The molecule has 2 rings (SSSR count). The van der Waals surface area contributed by atoms with Crippen LogP contribution >= 0.6 is 11.6 Å². The Morgan fingerprint density at radius 3 is 2.92 bits per heavy atom. The van der Waals surface area contributed by atoms with E-state index in [9.17, 15) is 0 Å². The first-order chi connectivity index (χ1) is 5.77. The maximum absolute atomic E-state index is 6.03. The molecule has 1 saturated carbocycles. The molecule has 0 bridgehead atoms. The third-order valence-electron chi connectivity index (χ3n) is 2.54. The van der Waals surface area contributed by atoms with Crippen LogP contribution in [0.3, 0.4) is 0 Å². The molecule has 3 nitrogen and oxygen atoms in total. The first-order valence-corrected chi connectivity index (χ1v) is 4.69. The molecule has 1 heterocycles. The van der Waals surface area contributed by atoms with Gasteiger partial charge in [-0.1, -0.05) is 5.21 Å². The van der Waals surface area contributed by atoms with E-state index in [1.165, 1.54) is 12.1 Å². The number of halogens is 1. The highest BCUT2D eigenvalue weighted by Gasteiger charge is 2.26. The second-order valence-corrected chi connectivity index (χ2v) is 4.01. The van der Waals surface area contributed by atoms with Gasteiger partial charge in [-0.05, 0) is 19.3 Å². The third-order valence-corrected chi connectivity index (χ3v) is 2.93. The Labute approximate surface area is 76.7 Å². The fraction of sp³-hybridized carbons (Fsp3) is 0.750. The monoisotopic (exact) mass is 185 g/mol. The lowest BCUT2D eigenvalue weighted by molar-refractivity contribution is 0.607. The molecule has 1 aliphatic rings. The molecule has 0 saturated heterocycles. The fourth-order valence-corrected chi connectivity index (χ4v) is 2.20.